The van der Waals surface area contributed by atoms with Gasteiger partial charge in [-0.15, -0.1) is 0 Å². The second-order valence-corrected chi connectivity index (χ2v) is 7.31. The van der Waals surface area contributed by atoms with Crippen LogP contribution >= 0.6 is 11.6 Å². The van der Waals surface area contributed by atoms with Gasteiger partial charge in [-0.3, -0.25) is 0 Å². The summed E-state index contributed by atoms with van der Waals surface area (Å²) in [5.74, 6) is 1.50. The Morgan fingerprint density at radius 1 is 0.867 bits per heavy atom. The average molecular weight is 419 g/mol. The molecule has 0 bridgehead atoms. The largest absolute Gasteiger partial charge is 0.489 e. The fourth-order valence-electron chi connectivity index (χ4n) is 3.29. The molecule has 0 radical (unpaired) electrons. The van der Waals surface area contributed by atoms with E-state index in [1.54, 1.807) is 6.20 Å². The highest BCUT2D eigenvalue weighted by molar-refractivity contribution is 6.30. The van der Waals surface area contributed by atoms with Gasteiger partial charge in [-0.2, -0.15) is 0 Å². The van der Waals surface area contributed by atoms with Gasteiger partial charge in [-0.1, -0.05) is 60.1 Å². The molecule has 152 valence electrons. The molecule has 0 spiro atoms. The average Bonchev–Trinajstić information content (AvgIpc) is 2.78. The fraction of sp³-hybridized carbons (Fsp3) is 0.160. The molecule has 4 aromatic rings. The topological polar surface area (TPSA) is 43.4 Å². The summed E-state index contributed by atoms with van der Waals surface area (Å²) in [5, 5.41) is 6.54. The van der Waals surface area contributed by atoms with E-state index >= 15 is 0 Å². The molecule has 1 aromatic heterocycles. The molecule has 0 aliphatic rings. The Morgan fingerprint density at radius 2 is 1.77 bits per heavy atom. The van der Waals surface area contributed by atoms with Crippen molar-refractivity contribution >= 4 is 22.4 Å². The molecule has 1 heterocycles. The van der Waals surface area contributed by atoms with Gasteiger partial charge >= 0.3 is 0 Å². The van der Waals surface area contributed by atoms with E-state index in [-0.39, 0.29) is 0 Å². The maximum absolute atomic E-state index is 6.17. The number of aromatic nitrogens is 1. The first-order chi connectivity index (χ1) is 14.8. The Morgan fingerprint density at radius 3 is 2.63 bits per heavy atom. The summed E-state index contributed by atoms with van der Waals surface area (Å²) in [6.07, 6.45) is 1.72. The second-order valence-electron chi connectivity index (χ2n) is 6.88. The number of nitrogens with zero attached hydrogens (tertiary/aromatic N) is 1. The van der Waals surface area contributed by atoms with Crippen LogP contribution in [0.2, 0.25) is 5.02 Å². The van der Waals surface area contributed by atoms with Crippen LogP contribution in [0.3, 0.4) is 0 Å². The van der Waals surface area contributed by atoms with Crippen LogP contribution in [-0.2, 0) is 13.2 Å². The quantitative estimate of drug-likeness (QED) is 0.357. The van der Waals surface area contributed by atoms with Crippen LogP contribution in [0.15, 0.2) is 85.1 Å². The maximum Gasteiger partial charge on any atom is 0.213 e. The molecule has 0 saturated heterocycles. The summed E-state index contributed by atoms with van der Waals surface area (Å²) in [4.78, 5) is 4.17. The lowest BCUT2D eigenvalue weighted by molar-refractivity contribution is 0.295. The Bertz CT molecular complexity index is 1100. The molecule has 0 atom stereocenters. The number of hydrogen-bond acceptors (Lipinski definition) is 4. The third kappa shape index (κ3) is 5.29. The van der Waals surface area contributed by atoms with Crippen LogP contribution in [0.4, 0.5) is 0 Å². The zero-order valence-electron chi connectivity index (χ0n) is 16.6. The fourth-order valence-corrected chi connectivity index (χ4v) is 3.51. The van der Waals surface area contributed by atoms with Crippen molar-refractivity contribution in [1.82, 2.24) is 10.3 Å². The minimum absolute atomic E-state index is 0.467. The van der Waals surface area contributed by atoms with E-state index in [4.69, 9.17) is 21.1 Å². The van der Waals surface area contributed by atoms with Crippen LogP contribution in [0.5, 0.6) is 11.6 Å². The van der Waals surface area contributed by atoms with Crippen molar-refractivity contribution < 1.29 is 9.47 Å². The molecule has 0 saturated carbocycles. The van der Waals surface area contributed by atoms with Crippen LogP contribution in [0.25, 0.3) is 10.8 Å². The molecule has 1 N–H and O–H groups in total. The van der Waals surface area contributed by atoms with E-state index in [0.717, 1.165) is 16.9 Å². The molecular formula is C25H23ClN2O2. The highest BCUT2D eigenvalue weighted by Crippen LogP contribution is 2.29. The number of hydrogen-bond donors (Lipinski definition) is 1. The molecule has 4 rings (SSSR count). The Kier molecular flexibility index (Phi) is 6.80. The highest BCUT2D eigenvalue weighted by atomic mass is 35.5. The summed E-state index contributed by atoms with van der Waals surface area (Å²) < 4.78 is 11.8. The van der Waals surface area contributed by atoms with Crippen molar-refractivity contribution in [2.75, 3.05) is 13.2 Å². The summed E-state index contributed by atoms with van der Waals surface area (Å²) in [7, 11) is 0. The number of halogens is 1. The number of fused-ring (bicyclic) bond motifs is 1. The maximum atomic E-state index is 6.17. The third-order valence-electron chi connectivity index (χ3n) is 4.75. The highest BCUT2D eigenvalue weighted by Gasteiger charge is 2.09. The molecule has 0 unspecified atom stereocenters. The zero-order chi connectivity index (χ0) is 20.6. The molecule has 0 amide bonds. The van der Waals surface area contributed by atoms with E-state index in [2.05, 4.69) is 34.6 Å². The van der Waals surface area contributed by atoms with Gasteiger partial charge in [0.1, 0.15) is 19.0 Å². The number of rotatable bonds is 9. The predicted octanol–water partition coefficient (Wildman–Crippen LogP) is 5.64. The summed E-state index contributed by atoms with van der Waals surface area (Å²) >= 11 is 6.10. The molecule has 0 fully saturated rings. The van der Waals surface area contributed by atoms with Crippen molar-refractivity contribution in [1.29, 1.82) is 0 Å². The lowest BCUT2D eigenvalue weighted by Crippen LogP contribution is -2.21. The number of benzene rings is 3. The SMILES string of the molecule is Clc1cccc(COc2ccc3ccccc3c2CNCCOc2ccccn2)c1. The van der Waals surface area contributed by atoms with Gasteiger partial charge in [0, 0.05) is 35.9 Å². The summed E-state index contributed by atoms with van der Waals surface area (Å²) in [6.45, 7) is 2.39. The summed E-state index contributed by atoms with van der Waals surface area (Å²) in [5.41, 5.74) is 2.17. The van der Waals surface area contributed by atoms with Gasteiger partial charge in [0.25, 0.3) is 0 Å². The Balaban J connectivity index is 1.43. The van der Waals surface area contributed by atoms with Gasteiger partial charge in [-0.05, 0) is 40.6 Å². The molecule has 0 aliphatic carbocycles. The van der Waals surface area contributed by atoms with Gasteiger partial charge in [0.05, 0.1) is 0 Å². The van der Waals surface area contributed by atoms with Crippen LogP contribution < -0.4 is 14.8 Å². The first-order valence-electron chi connectivity index (χ1n) is 9.92. The first kappa shape index (κ1) is 20.2. The number of nitrogens with one attached hydrogen (secondary N) is 1. The van der Waals surface area contributed by atoms with Crippen molar-refractivity contribution in [2.24, 2.45) is 0 Å². The van der Waals surface area contributed by atoms with Gasteiger partial charge in [0.15, 0.2) is 0 Å². The minimum Gasteiger partial charge on any atom is -0.489 e. The van der Waals surface area contributed by atoms with Gasteiger partial charge < -0.3 is 14.8 Å². The minimum atomic E-state index is 0.467. The molecular weight excluding hydrogens is 396 g/mol. The normalized spacial score (nSPS) is 10.8. The van der Waals surface area contributed by atoms with E-state index in [1.165, 1.54) is 10.8 Å². The number of ether oxygens (including phenoxy) is 2. The standard InChI is InChI=1S/C25H23ClN2O2/c26-21-8-5-6-19(16-21)18-30-24-12-11-20-7-1-2-9-22(20)23(24)17-27-14-15-29-25-10-3-4-13-28-25/h1-13,16,27H,14-15,17-18H2. The van der Waals surface area contributed by atoms with Crippen molar-refractivity contribution in [2.45, 2.75) is 13.2 Å². The molecule has 30 heavy (non-hydrogen) atoms. The predicted molar refractivity (Wildman–Crippen MR) is 121 cm³/mol. The molecule has 0 aliphatic heterocycles. The van der Waals surface area contributed by atoms with E-state index in [9.17, 15) is 0 Å². The lowest BCUT2D eigenvalue weighted by atomic mass is 10.0. The first-order valence-corrected chi connectivity index (χ1v) is 10.3. The van der Waals surface area contributed by atoms with Gasteiger partial charge in [-0.25, -0.2) is 4.98 Å². The Labute approximate surface area is 181 Å². The summed E-state index contributed by atoms with van der Waals surface area (Å²) in [6, 6.07) is 25.9. The smallest absolute Gasteiger partial charge is 0.213 e. The van der Waals surface area contributed by atoms with E-state index in [0.29, 0.717) is 37.2 Å². The van der Waals surface area contributed by atoms with E-state index in [1.807, 2.05) is 54.6 Å². The van der Waals surface area contributed by atoms with Gasteiger partial charge in [0.2, 0.25) is 5.88 Å². The molecule has 4 nitrogen and oxygen atoms in total. The zero-order valence-corrected chi connectivity index (χ0v) is 17.3. The molecule has 3 aromatic carbocycles. The monoisotopic (exact) mass is 418 g/mol. The molecule has 5 heteroatoms. The van der Waals surface area contributed by atoms with Crippen LogP contribution in [0.1, 0.15) is 11.1 Å². The third-order valence-corrected chi connectivity index (χ3v) is 4.98. The van der Waals surface area contributed by atoms with Crippen molar-refractivity contribution in [3.8, 4) is 11.6 Å². The van der Waals surface area contributed by atoms with Crippen LogP contribution in [0, 0.1) is 0 Å². The van der Waals surface area contributed by atoms with Crippen molar-refractivity contribution in [3.05, 3.63) is 101 Å². The van der Waals surface area contributed by atoms with Crippen molar-refractivity contribution in [3.63, 3.8) is 0 Å². The second kappa shape index (κ2) is 10.1. The van der Waals surface area contributed by atoms with E-state index < -0.39 is 0 Å². The number of pyridine rings is 1. The lowest BCUT2D eigenvalue weighted by Gasteiger charge is -2.15. The Hall–Kier alpha value is -3.08. The van der Waals surface area contributed by atoms with Crippen LogP contribution in [-0.4, -0.2) is 18.1 Å².